The predicted octanol–water partition coefficient (Wildman–Crippen LogP) is 4.76. The number of anilines is 1. The van der Waals surface area contributed by atoms with E-state index >= 15 is 0 Å². The quantitative estimate of drug-likeness (QED) is 0.728. The molecule has 0 aromatic heterocycles. The van der Waals surface area contributed by atoms with Gasteiger partial charge >= 0.3 is 0 Å². The van der Waals surface area contributed by atoms with Gasteiger partial charge in [-0.1, -0.05) is 38.3 Å². The lowest BCUT2D eigenvalue weighted by atomic mass is 9.75. The van der Waals surface area contributed by atoms with E-state index in [1.807, 2.05) is 49.3 Å². The number of rotatable bonds is 4. The molecule has 1 aromatic carbocycles. The fraction of sp³-hybridized carbons (Fsp3) is 0.500. The van der Waals surface area contributed by atoms with Crippen LogP contribution in [0, 0.1) is 5.41 Å². The molecule has 2 aliphatic rings. The molecule has 4 nitrogen and oxygen atoms in total. The maximum absolute atomic E-state index is 12.7. The van der Waals surface area contributed by atoms with Crippen LogP contribution < -0.4 is 4.90 Å². The summed E-state index contributed by atoms with van der Waals surface area (Å²) in [4.78, 5) is 29.1. The largest absolute Gasteiger partial charge is 0.378 e. The molecule has 1 saturated carbocycles. The van der Waals surface area contributed by atoms with Crippen LogP contribution in [-0.4, -0.2) is 36.7 Å². The lowest BCUT2D eigenvalue weighted by molar-refractivity contribution is -0.124. The Balaban J connectivity index is 1.74. The van der Waals surface area contributed by atoms with Crippen LogP contribution in [0.25, 0.3) is 6.08 Å². The zero-order valence-corrected chi connectivity index (χ0v) is 16.1. The van der Waals surface area contributed by atoms with Gasteiger partial charge in [-0.25, -0.2) is 0 Å². The molecule has 134 valence electrons. The predicted molar refractivity (Wildman–Crippen MR) is 105 cm³/mol. The van der Waals surface area contributed by atoms with Crippen LogP contribution in [0.2, 0.25) is 0 Å². The van der Waals surface area contributed by atoms with Crippen LogP contribution in [0.1, 0.15) is 44.6 Å². The van der Waals surface area contributed by atoms with Crippen molar-refractivity contribution in [3.8, 4) is 0 Å². The Labute approximate surface area is 154 Å². The molecule has 0 radical (unpaired) electrons. The van der Waals surface area contributed by atoms with Gasteiger partial charge in [0.25, 0.3) is 11.1 Å². The average Bonchev–Trinajstić information content (AvgIpc) is 2.83. The minimum absolute atomic E-state index is 0.0763. The molecule has 2 fully saturated rings. The van der Waals surface area contributed by atoms with E-state index in [4.69, 9.17) is 0 Å². The number of thioether (sulfide) groups is 1. The summed E-state index contributed by atoms with van der Waals surface area (Å²) in [7, 11) is 3.98. The van der Waals surface area contributed by atoms with Gasteiger partial charge in [-0.2, -0.15) is 0 Å². The lowest BCUT2D eigenvalue weighted by Crippen LogP contribution is -2.39. The normalized spacial score (nSPS) is 21.9. The first-order valence-corrected chi connectivity index (χ1v) is 9.72. The number of hydrogen-bond donors (Lipinski definition) is 0. The highest BCUT2D eigenvalue weighted by molar-refractivity contribution is 8.18. The first-order valence-electron chi connectivity index (χ1n) is 8.91. The number of nitrogens with zero attached hydrogens (tertiary/aromatic N) is 2. The second-order valence-electron chi connectivity index (χ2n) is 7.63. The minimum atomic E-state index is -0.140. The topological polar surface area (TPSA) is 40.6 Å². The van der Waals surface area contributed by atoms with Crippen LogP contribution in [0.15, 0.2) is 29.2 Å². The molecule has 0 spiro atoms. The van der Waals surface area contributed by atoms with E-state index < -0.39 is 0 Å². The van der Waals surface area contributed by atoms with Crippen molar-refractivity contribution in [1.82, 2.24) is 4.90 Å². The molecule has 1 heterocycles. The van der Waals surface area contributed by atoms with E-state index in [-0.39, 0.29) is 16.6 Å². The molecule has 1 saturated heterocycles. The SMILES string of the molecule is CN(C)c1ccc(/C=C2\SC(=O)N(CC3(C)CCCCC3)C2=O)cc1. The highest BCUT2D eigenvalue weighted by atomic mass is 32.2. The van der Waals surface area contributed by atoms with Crippen molar-refractivity contribution in [1.29, 1.82) is 0 Å². The van der Waals surface area contributed by atoms with Crippen LogP contribution in [-0.2, 0) is 4.79 Å². The first kappa shape index (κ1) is 18.1. The molecule has 1 aromatic rings. The van der Waals surface area contributed by atoms with Crippen molar-refractivity contribution in [2.75, 3.05) is 25.5 Å². The van der Waals surface area contributed by atoms with Gasteiger partial charge in [0.1, 0.15) is 0 Å². The summed E-state index contributed by atoms with van der Waals surface area (Å²) in [5, 5.41) is -0.132. The fourth-order valence-electron chi connectivity index (χ4n) is 3.60. The van der Waals surface area contributed by atoms with Gasteiger partial charge in [0, 0.05) is 26.3 Å². The van der Waals surface area contributed by atoms with Gasteiger partial charge < -0.3 is 4.90 Å². The van der Waals surface area contributed by atoms with Gasteiger partial charge in [0.05, 0.1) is 4.91 Å². The van der Waals surface area contributed by atoms with E-state index in [1.165, 1.54) is 24.2 Å². The van der Waals surface area contributed by atoms with Crippen molar-refractivity contribution in [2.45, 2.75) is 39.0 Å². The van der Waals surface area contributed by atoms with Gasteiger partial charge in [0.2, 0.25) is 0 Å². The third-order valence-electron chi connectivity index (χ3n) is 5.18. The van der Waals surface area contributed by atoms with Crippen molar-refractivity contribution in [3.63, 3.8) is 0 Å². The summed E-state index contributed by atoms with van der Waals surface area (Å²) in [5.74, 6) is -0.140. The second kappa shape index (κ2) is 7.24. The van der Waals surface area contributed by atoms with Crippen LogP contribution in [0.5, 0.6) is 0 Å². The van der Waals surface area contributed by atoms with Gasteiger partial charge in [-0.3, -0.25) is 14.5 Å². The van der Waals surface area contributed by atoms with Crippen molar-refractivity contribution in [3.05, 3.63) is 34.7 Å². The zero-order valence-electron chi connectivity index (χ0n) is 15.2. The molecule has 0 unspecified atom stereocenters. The number of hydrogen-bond acceptors (Lipinski definition) is 4. The van der Waals surface area contributed by atoms with Crippen LogP contribution >= 0.6 is 11.8 Å². The molecule has 0 bridgehead atoms. The van der Waals surface area contributed by atoms with E-state index in [1.54, 1.807) is 0 Å². The number of carbonyl (C=O) groups is 2. The van der Waals surface area contributed by atoms with E-state index in [0.29, 0.717) is 11.4 Å². The summed E-state index contributed by atoms with van der Waals surface area (Å²) in [6.45, 7) is 2.76. The number of benzene rings is 1. The molecule has 25 heavy (non-hydrogen) atoms. The Morgan fingerprint density at radius 3 is 2.36 bits per heavy atom. The molecule has 3 rings (SSSR count). The molecule has 2 amide bonds. The maximum atomic E-state index is 12.7. The van der Waals surface area contributed by atoms with Crippen molar-refractivity contribution in [2.24, 2.45) is 5.41 Å². The number of carbonyl (C=O) groups excluding carboxylic acids is 2. The molecule has 1 aliphatic carbocycles. The summed E-state index contributed by atoms with van der Waals surface area (Å²) >= 11 is 1.06. The highest BCUT2D eigenvalue weighted by Crippen LogP contribution is 2.40. The Hall–Kier alpha value is -1.75. The third kappa shape index (κ3) is 4.09. The van der Waals surface area contributed by atoms with Crippen LogP contribution in [0.3, 0.4) is 0 Å². The zero-order chi connectivity index (χ0) is 18.0. The maximum Gasteiger partial charge on any atom is 0.293 e. The molecule has 0 atom stereocenters. The van der Waals surface area contributed by atoms with Gasteiger partial charge in [0.15, 0.2) is 0 Å². The fourth-order valence-corrected chi connectivity index (χ4v) is 4.44. The Kier molecular flexibility index (Phi) is 5.23. The smallest absolute Gasteiger partial charge is 0.293 e. The Morgan fingerprint density at radius 1 is 1.12 bits per heavy atom. The molecule has 5 heteroatoms. The van der Waals surface area contributed by atoms with Gasteiger partial charge in [-0.15, -0.1) is 0 Å². The van der Waals surface area contributed by atoms with Crippen LogP contribution in [0.4, 0.5) is 10.5 Å². The summed E-state index contributed by atoms with van der Waals surface area (Å²) < 4.78 is 0. The average molecular weight is 359 g/mol. The molecule has 1 aliphatic heterocycles. The number of imide groups is 1. The summed E-state index contributed by atoms with van der Waals surface area (Å²) in [6.07, 6.45) is 7.68. The molecular weight excluding hydrogens is 332 g/mol. The standard InChI is InChI=1S/C20H26N2O2S/c1-20(11-5-4-6-12-20)14-22-18(23)17(25-19(22)24)13-15-7-9-16(10-8-15)21(2)3/h7-10,13H,4-6,11-12,14H2,1-3H3/b17-13-. The monoisotopic (exact) mass is 358 g/mol. The third-order valence-corrected chi connectivity index (χ3v) is 6.09. The Bertz CT molecular complexity index is 688. The Morgan fingerprint density at radius 2 is 1.76 bits per heavy atom. The minimum Gasteiger partial charge on any atom is -0.378 e. The van der Waals surface area contributed by atoms with Crippen molar-refractivity contribution >= 4 is 34.7 Å². The molecule has 0 N–H and O–H groups in total. The van der Waals surface area contributed by atoms with E-state index in [9.17, 15) is 9.59 Å². The second-order valence-corrected chi connectivity index (χ2v) is 8.62. The first-order chi connectivity index (χ1) is 11.9. The van der Waals surface area contributed by atoms with Gasteiger partial charge in [-0.05, 0) is 53.8 Å². The lowest BCUT2D eigenvalue weighted by Gasteiger charge is -2.35. The van der Waals surface area contributed by atoms with E-state index in [2.05, 4.69) is 6.92 Å². The van der Waals surface area contributed by atoms with E-state index in [0.717, 1.165) is 35.9 Å². The molecular formula is C20H26N2O2S. The highest BCUT2D eigenvalue weighted by Gasteiger charge is 2.40. The summed E-state index contributed by atoms with van der Waals surface area (Å²) in [6, 6.07) is 7.98. The van der Waals surface area contributed by atoms with Crippen molar-refractivity contribution < 1.29 is 9.59 Å². The summed E-state index contributed by atoms with van der Waals surface area (Å²) in [5.41, 5.74) is 2.13. The number of amides is 2.